The average Bonchev–Trinajstić information content (AvgIpc) is 3.11. The summed E-state index contributed by atoms with van der Waals surface area (Å²) in [6.07, 6.45) is -0.885. The minimum absolute atomic E-state index is 0.124. The highest BCUT2D eigenvalue weighted by atomic mass is 16.6. The Balaban J connectivity index is 1.75. The Morgan fingerprint density at radius 1 is 1.45 bits per heavy atom. The smallest absolute Gasteiger partial charge is 0.414 e. The molecule has 1 aliphatic rings. The minimum Gasteiger partial charge on any atom is -0.444 e. The van der Waals surface area contributed by atoms with Gasteiger partial charge < -0.3 is 9.26 Å². The number of nitrogens with zero attached hydrogens (tertiary/aromatic N) is 6. The summed E-state index contributed by atoms with van der Waals surface area (Å²) in [6.45, 7) is 2.19. The third-order valence-corrected chi connectivity index (χ3v) is 3.19. The molecule has 22 heavy (non-hydrogen) atoms. The van der Waals surface area contributed by atoms with Gasteiger partial charge in [-0.1, -0.05) is 10.3 Å². The van der Waals surface area contributed by atoms with Crippen molar-refractivity contribution in [3.05, 3.63) is 40.6 Å². The van der Waals surface area contributed by atoms with Crippen molar-refractivity contribution in [3.63, 3.8) is 0 Å². The summed E-state index contributed by atoms with van der Waals surface area (Å²) in [6, 6.07) is 7.15. The average molecular weight is 300 g/mol. The van der Waals surface area contributed by atoms with Crippen LogP contribution in [0.25, 0.3) is 21.8 Å². The van der Waals surface area contributed by atoms with Crippen molar-refractivity contribution in [2.45, 2.75) is 13.0 Å². The summed E-state index contributed by atoms with van der Waals surface area (Å²) in [5, 5.41) is 7.26. The first kappa shape index (κ1) is 13.9. The van der Waals surface area contributed by atoms with Crippen LogP contribution in [0.2, 0.25) is 0 Å². The van der Waals surface area contributed by atoms with E-state index in [2.05, 4.69) is 20.2 Å². The number of rotatable bonds is 4. The van der Waals surface area contributed by atoms with Gasteiger partial charge in [0.15, 0.2) is 0 Å². The number of aryl methyl sites for hydroxylation is 1. The normalized spacial score (nSPS) is 17.2. The Bertz CT molecular complexity index is 734. The lowest BCUT2D eigenvalue weighted by Crippen LogP contribution is -2.24. The van der Waals surface area contributed by atoms with E-state index in [-0.39, 0.29) is 6.54 Å². The molecule has 1 atom stereocenters. The number of amides is 1. The van der Waals surface area contributed by atoms with E-state index in [1.54, 1.807) is 31.2 Å². The van der Waals surface area contributed by atoms with E-state index in [0.29, 0.717) is 23.9 Å². The zero-order valence-electron chi connectivity index (χ0n) is 11.7. The lowest BCUT2D eigenvalue weighted by atomic mass is 10.2. The number of aromatic nitrogens is 2. The third kappa shape index (κ3) is 2.70. The van der Waals surface area contributed by atoms with Gasteiger partial charge >= 0.3 is 6.09 Å². The van der Waals surface area contributed by atoms with E-state index in [0.717, 1.165) is 5.56 Å². The molecule has 1 aliphatic heterocycles. The Morgan fingerprint density at radius 2 is 2.23 bits per heavy atom. The topological polar surface area (TPSA) is 117 Å². The first-order valence-corrected chi connectivity index (χ1v) is 6.57. The fraction of sp³-hybridized carbons (Fsp3) is 0.308. The van der Waals surface area contributed by atoms with Gasteiger partial charge in [0, 0.05) is 23.1 Å². The van der Waals surface area contributed by atoms with Crippen LogP contribution < -0.4 is 4.90 Å². The van der Waals surface area contributed by atoms with Gasteiger partial charge in [-0.05, 0) is 29.8 Å². The van der Waals surface area contributed by atoms with Crippen molar-refractivity contribution in [3.8, 4) is 11.4 Å². The van der Waals surface area contributed by atoms with Crippen molar-refractivity contribution in [2.24, 2.45) is 5.11 Å². The summed E-state index contributed by atoms with van der Waals surface area (Å²) in [5.74, 6) is 0.984. The molecule has 0 aliphatic carbocycles. The highest BCUT2D eigenvalue weighted by Gasteiger charge is 2.31. The molecule has 1 unspecified atom stereocenters. The van der Waals surface area contributed by atoms with E-state index < -0.39 is 12.2 Å². The van der Waals surface area contributed by atoms with Gasteiger partial charge in [-0.2, -0.15) is 4.98 Å². The highest BCUT2D eigenvalue weighted by Crippen LogP contribution is 2.25. The molecule has 9 nitrogen and oxygen atoms in total. The molecule has 1 saturated heterocycles. The second-order valence-electron chi connectivity index (χ2n) is 4.71. The lowest BCUT2D eigenvalue weighted by Gasteiger charge is -2.12. The monoisotopic (exact) mass is 300 g/mol. The maximum Gasteiger partial charge on any atom is 0.414 e. The molecular formula is C13H12N6O3. The molecule has 0 saturated carbocycles. The zero-order chi connectivity index (χ0) is 15.5. The van der Waals surface area contributed by atoms with E-state index in [1.165, 1.54) is 4.90 Å². The second kappa shape index (κ2) is 5.74. The number of carbonyl (C=O) groups is 1. The Morgan fingerprint density at radius 3 is 2.86 bits per heavy atom. The van der Waals surface area contributed by atoms with Crippen LogP contribution in [-0.2, 0) is 4.74 Å². The predicted molar refractivity (Wildman–Crippen MR) is 76.1 cm³/mol. The third-order valence-electron chi connectivity index (χ3n) is 3.19. The molecule has 2 aromatic rings. The van der Waals surface area contributed by atoms with Crippen LogP contribution >= 0.6 is 0 Å². The first-order chi connectivity index (χ1) is 10.7. The molecule has 0 spiro atoms. The van der Waals surface area contributed by atoms with Crippen LogP contribution in [0, 0.1) is 6.92 Å². The molecule has 1 aromatic heterocycles. The molecule has 112 valence electrons. The van der Waals surface area contributed by atoms with Crippen molar-refractivity contribution in [2.75, 3.05) is 18.0 Å². The molecule has 3 rings (SSSR count). The SMILES string of the molecule is Cc1nc(-c2ccc(N3CC(CN=[N+]=[N-])OC3=O)cc2)no1. The Labute approximate surface area is 125 Å². The molecule has 1 amide bonds. The summed E-state index contributed by atoms with van der Waals surface area (Å²) < 4.78 is 10.1. The molecule has 0 bridgehead atoms. The summed E-state index contributed by atoms with van der Waals surface area (Å²) in [4.78, 5) is 20.1. The van der Waals surface area contributed by atoms with Gasteiger partial charge in [0.2, 0.25) is 11.7 Å². The van der Waals surface area contributed by atoms with Crippen molar-refractivity contribution in [1.29, 1.82) is 0 Å². The number of benzene rings is 1. The van der Waals surface area contributed by atoms with Gasteiger partial charge in [0.1, 0.15) is 6.10 Å². The fourth-order valence-corrected chi connectivity index (χ4v) is 2.16. The van der Waals surface area contributed by atoms with Gasteiger partial charge in [-0.25, -0.2) is 4.79 Å². The van der Waals surface area contributed by atoms with Crippen molar-refractivity contribution in [1.82, 2.24) is 10.1 Å². The summed E-state index contributed by atoms with van der Waals surface area (Å²) >= 11 is 0. The number of hydrogen-bond donors (Lipinski definition) is 0. The predicted octanol–water partition coefficient (Wildman–Crippen LogP) is 2.68. The van der Waals surface area contributed by atoms with Crippen molar-refractivity contribution < 1.29 is 14.1 Å². The van der Waals surface area contributed by atoms with E-state index >= 15 is 0 Å². The standard InChI is InChI=1S/C13H12N6O3/c1-8-16-12(17-22-8)9-2-4-10(5-3-9)19-7-11(6-15-18-14)21-13(19)20/h2-5,11H,6-7H2,1H3. The van der Waals surface area contributed by atoms with Gasteiger partial charge in [-0.3, -0.25) is 4.90 Å². The van der Waals surface area contributed by atoms with Crippen molar-refractivity contribution >= 4 is 11.8 Å². The minimum atomic E-state index is -0.457. The zero-order valence-corrected chi connectivity index (χ0v) is 11.7. The van der Waals surface area contributed by atoms with E-state index in [4.69, 9.17) is 14.8 Å². The summed E-state index contributed by atoms with van der Waals surface area (Å²) in [7, 11) is 0. The maximum atomic E-state index is 11.8. The van der Waals surface area contributed by atoms with Crippen LogP contribution in [0.1, 0.15) is 5.89 Å². The van der Waals surface area contributed by atoms with Gasteiger partial charge in [0.05, 0.1) is 13.1 Å². The number of hydrogen-bond acceptors (Lipinski definition) is 6. The Kier molecular flexibility index (Phi) is 3.63. The molecule has 1 aromatic carbocycles. The maximum absolute atomic E-state index is 11.8. The molecular weight excluding hydrogens is 288 g/mol. The van der Waals surface area contributed by atoms with Crippen LogP contribution in [0.3, 0.4) is 0 Å². The van der Waals surface area contributed by atoms with E-state index in [9.17, 15) is 4.79 Å². The van der Waals surface area contributed by atoms with Gasteiger partial charge in [0.25, 0.3) is 0 Å². The quantitative estimate of drug-likeness (QED) is 0.488. The first-order valence-electron chi connectivity index (χ1n) is 6.57. The molecule has 1 fully saturated rings. The van der Waals surface area contributed by atoms with Crippen LogP contribution in [0.15, 0.2) is 33.9 Å². The van der Waals surface area contributed by atoms with Crippen LogP contribution in [0.5, 0.6) is 0 Å². The molecule has 0 N–H and O–H groups in total. The fourth-order valence-electron chi connectivity index (χ4n) is 2.16. The van der Waals surface area contributed by atoms with Crippen LogP contribution in [-0.4, -0.2) is 35.4 Å². The molecule has 9 heteroatoms. The number of ether oxygens (including phenoxy) is 1. The van der Waals surface area contributed by atoms with Gasteiger partial charge in [-0.15, -0.1) is 0 Å². The number of cyclic esters (lactones) is 1. The summed E-state index contributed by atoms with van der Waals surface area (Å²) in [5.41, 5.74) is 9.78. The number of azide groups is 1. The largest absolute Gasteiger partial charge is 0.444 e. The lowest BCUT2D eigenvalue weighted by molar-refractivity contribution is 0.145. The Hall–Kier alpha value is -3.06. The van der Waals surface area contributed by atoms with E-state index in [1.807, 2.05) is 0 Å². The number of carbonyl (C=O) groups excluding carboxylic acids is 1. The number of anilines is 1. The molecule has 2 heterocycles. The van der Waals surface area contributed by atoms with Crippen LogP contribution in [0.4, 0.5) is 10.5 Å². The second-order valence-corrected chi connectivity index (χ2v) is 4.71. The highest BCUT2D eigenvalue weighted by molar-refractivity contribution is 5.90. The molecule has 0 radical (unpaired) electrons.